The quantitative estimate of drug-likeness (QED) is 0.936. The normalized spacial score (nSPS) is 21.4. The van der Waals surface area contributed by atoms with Gasteiger partial charge in [0.15, 0.2) is 5.82 Å². The Bertz CT molecular complexity index is 615. The van der Waals surface area contributed by atoms with Crippen LogP contribution in [-0.2, 0) is 0 Å². The molecule has 0 aliphatic carbocycles. The highest BCUT2D eigenvalue weighted by Crippen LogP contribution is 2.26. The predicted molar refractivity (Wildman–Crippen MR) is 76.5 cm³/mol. The van der Waals surface area contributed by atoms with Gasteiger partial charge in [-0.3, -0.25) is 4.90 Å². The molecule has 0 amide bonds. The summed E-state index contributed by atoms with van der Waals surface area (Å²) in [4.78, 5) is 6.67. The molecule has 1 aromatic heterocycles. The zero-order chi connectivity index (χ0) is 14.8. The summed E-state index contributed by atoms with van der Waals surface area (Å²) in [5.41, 5.74) is 0.572. The first-order valence-electron chi connectivity index (χ1n) is 7.15. The Kier molecular flexibility index (Phi) is 3.98. The largest absolute Gasteiger partial charge is 0.339 e. The summed E-state index contributed by atoms with van der Waals surface area (Å²) >= 11 is 0. The fraction of sp³-hybridized carbons (Fsp3) is 0.467. The summed E-state index contributed by atoms with van der Waals surface area (Å²) in [6.45, 7) is 4.57. The van der Waals surface area contributed by atoms with E-state index in [9.17, 15) is 4.39 Å². The molecule has 2 aromatic rings. The first-order chi connectivity index (χ1) is 10.2. The predicted octanol–water partition coefficient (Wildman–Crippen LogP) is 1.94. The van der Waals surface area contributed by atoms with E-state index >= 15 is 0 Å². The minimum atomic E-state index is -0.255. The molecule has 0 spiro atoms. The van der Waals surface area contributed by atoms with Crippen molar-refractivity contribution in [1.82, 2.24) is 20.4 Å². The number of nitrogens with zero attached hydrogens (tertiary/aromatic N) is 3. The fourth-order valence-corrected chi connectivity index (χ4v) is 2.61. The van der Waals surface area contributed by atoms with Gasteiger partial charge in [0.25, 0.3) is 0 Å². The number of piperazine rings is 1. The number of aromatic nitrogens is 2. The van der Waals surface area contributed by atoms with Gasteiger partial charge in [0.2, 0.25) is 5.89 Å². The zero-order valence-corrected chi connectivity index (χ0v) is 12.2. The maximum Gasteiger partial charge on any atom is 0.234 e. The van der Waals surface area contributed by atoms with Crippen LogP contribution in [0.5, 0.6) is 0 Å². The Morgan fingerprint density at radius 2 is 2.24 bits per heavy atom. The van der Waals surface area contributed by atoms with Gasteiger partial charge in [0.1, 0.15) is 5.82 Å². The molecule has 21 heavy (non-hydrogen) atoms. The van der Waals surface area contributed by atoms with E-state index in [0.717, 1.165) is 19.6 Å². The third kappa shape index (κ3) is 2.82. The van der Waals surface area contributed by atoms with Crippen LogP contribution in [0.4, 0.5) is 4.39 Å². The van der Waals surface area contributed by atoms with Crippen LogP contribution in [0.15, 0.2) is 28.8 Å². The number of halogens is 1. The summed E-state index contributed by atoms with van der Waals surface area (Å²) in [5, 5.41) is 7.40. The van der Waals surface area contributed by atoms with Gasteiger partial charge in [-0.25, -0.2) is 4.39 Å². The number of hydrogen-bond acceptors (Lipinski definition) is 5. The Morgan fingerprint density at radius 3 is 3.00 bits per heavy atom. The monoisotopic (exact) mass is 290 g/mol. The Morgan fingerprint density at radius 1 is 1.43 bits per heavy atom. The molecule has 1 aliphatic heterocycles. The van der Waals surface area contributed by atoms with Crippen molar-refractivity contribution in [3.63, 3.8) is 0 Å². The minimum absolute atomic E-state index is 0.101. The second kappa shape index (κ2) is 5.91. The first-order valence-corrected chi connectivity index (χ1v) is 7.15. The van der Waals surface area contributed by atoms with Crippen molar-refractivity contribution in [2.45, 2.75) is 18.9 Å². The highest BCUT2D eigenvalue weighted by atomic mass is 19.1. The number of rotatable bonds is 3. The second-order valence-electron chi connectivity index (χ2n) is 5.43. The van der Waals surface area contributed by atoms with Crippen LogP contribution in [0.3, 0.4) is 0 Å². The number of nitrogens with one attached hydrogen (secondary N) is 1. The lowest BCUT2D eigenvalue weighted by molar-refractivity contribution is 0.190. The van der Waals surface area contributed by atoms with Crippen molar-refractivity contribution in [3.05, 3.63) is 47.4 Å². The van der Waals surface area contributed by atoms with E-state index in [2.05, 4.69) is 20.4 Å². The molecule has 2 unspecified atom stereocenters. The lowest BCUT2D eigenvalue weighted by Gasteiger charge is -2.30. The van der Waals surface area contributed by atoms with Gasteiger partial charge in [0, 0.05) is 19.6 Å². The summed E-state index contributed by atoms with van der Waals surface area (Å²) < 4.78 is 19.2. The van der Waals surface area contributed by atoms with Crippen molar-refractivity contribution in [3.8, 4) is 0 Å². The van der Waals surface area contributed by atoms with E-state index in [4.69, 9.17) is 4.52 Å². The smallest absolute Gasteiger partial charge is 0.234 e. The van der Waals surface area contributed by atoms with E-state index < -0.39 is 0 Å². The SMILES string of the molecule is CC(c1nc(C2CNCCN2C)no1)c1ccccc1F. The van der Waals surface area contributed by atoms with Gasteiger partial charge in [-0.15, -0.1) is 0 Å². The van der Waals surface area contributed by atoms with Gasteiger partial charge in [0.05, 0.1) is 12.0 Å². The molecular weight excluding hydrogens is 271 g/mol. The lowest BCUT2D eigenvalue weighted by Crippen LogP contribution is -2.44. The molecule has 2 atom stereocenters. The van der Waals surface area contributed by atoms with E-state index in [0.29, 0.717) is 17.3 Å². The molecular formula is C15H19FN4O. The van der Waals surface area contributed by atoms with Crippen molar-refractivity contribution < 1.29 is 8.91 Å². The standard InChI is InChI=1S/C15H19FN4O/c1-10(11-5-3-4-6-12(11)16)15-18-14(19-21-15)13-9-17-7-8-20(13)2/h3-6,10,13,17H,7-9H2,1-2H3. The highest BCUT2D eigenvalue weighted by Gasteiger charge is 2.27. The van der Waals surface area contributed by atoms with Crippen molar-refractivity contribution in [2.75, 3.05) is 26.7 Å². The molecule has 0 bridgehead atoms. The zero-order valence-electron chi connectivity index (χ0n) is 12.2. The van der Waals surface area contributed by atoms with Crippen LogP contribution in [0.25, 0.3) is 0 Å². The number of benzene rings is 1. The maximum absolute atomic E-state index is 13.8. The van der Waals surface area contributed by atoms with Crippen LogP contribution in [0.1, 0.15) is 36.2 Å². The number of hydrogen-bond donors (Lipinski definition) is 1. The van der Waals surface area contributed by atoms with Gasteiger partial charge >= 0.3 is 0 Å². The van der Waals surface area contributed by atoms with Crippen LogP contribution < -0.4 is 5.32 Å². The summed E-state index contributed by atoms with van der Waals surface area (Å²) in [6, 6.07) is 6.78. The Hall–Kier alpha value is -1.79. The molecule has 1 fully saturated rings. The van der Waals surface area contributed by atoms with Crippen molar-refractivity contribution in [2.24, 2.45) is 0 Å². The minimum Gasteiger partial charge on any atom is -0.339 e. The molecule has 1 aliphatic rings. The topological polar surface area (TPSA) is 54.2 Å². The molecule has 5 nitrogen and oxygen atoms in total. The average molecular weight is 290 g/mol. The molecule has 0 saturated carbocycles. The van der Waals surface area contributed by atoms with Gasteiger partial charge in [-0.05, 0) is 25.6 Å². The Labute approximate surface area is 123 Å². The molecule has 3 rings (SSSR count). The van der Waals surface area contributed by atoms with Crippen LogP contribution in [0, 0.1) is 5.82 Å². The molecule has 6 heteroatoms. The van der Waals surface area contributed by atoms with E-state index in [1.54, 1.807) is 12.1 Å². The summed E-state index contributed by atoms with van der Waals surface area (Å²) in [5.74, 6) is 0.604. The summed E-state index contributed by atoms with van der Waals surface area (Å²) in [7, 11) is 2.04. The van der Waals surface area contributed by atoms with Gasteiger partial charge in [-0.2, -0.15) is 4.98 Å². The maximum atomic E-state index is 13.8. The molecule has 0 radical (unpaired) electrons. The second-order valence-corrected chi connectivity index (χ2v) is 5.43. The third-order valence-corrected chi connectivity index (χ3v) is 4.01. The average Bonchev–Trinajstić information content (AvgIpc) is 2.97. The van der Waals surface area contributed by atoms with Crippen molar-refractivity contribution in [1.29, 1.82) is 0 Å². The molecule has 1 N–H and O–H groups in total. The van der Waals surface area contributed by atoms with Crippen molar-refractivity contribution >= 4 is 0 Å². The van der Waals surface area contributed by atoms with Crippen LogP contribution >= 0.6 is 0 Å². The number of likely N-dealkylation sites (N-methyl/N-ethyl adjacent to an activating group) is 1. The third-order valence-electron chi connectivity index (χ3n) is 4.01. The van der Waals surface area contributed by atoms with Gasteiger partial charge in [-0.1, -0.05) is 23.4 Å². The van der Waals surface area contributed by atoms with E-state index in [1.165, 1.54) is 6.07 Å². The first kappa shape index (κ1) is 14.2. The summed E-state index contributed by atoms with van der Waals surface area (Å²) in [6.07, 6.45) is 0. The lowest BCUT2D eigenvalue weighted by atomic mass is 10.0. The molecule has 2 heterocycles. The molecule has 112 valence electrons. The van der Waals surface area contributed by atoms with E-state index in [1.807, 2.05) is 20.0 Å². The molecule has 1 aromatic carbocycles. The van der Waals surface area contributed by atoms with E-state index in [-0.39, 0.29) is 17.8 Å². The van der Waals surface area contributed by atoms with Crippen LogP contribution in [0.2, 0.25) is 0 Å². The molecule has 1 saturated heterocycles. The Balaban J connectivity index is 1.83. The van der Waals surface area contributed by atoms with Crippen LogP contribution in [-0.4, -0.2) is 41.7 Å². The van der Waals surface area contributed by atoms with Gasteiger partial charge < -0.3 is 9.84 Å². The highest BCUT2D eigenvalue weighted by molar-refractivity contribution is 5.25. The fourth-order valence-electron chi connectivity index (χ4n) is 2.61.